The summed E-state index contributed by atoms with van der Waals surface area (Å²) in [5, 5.41) is 9.22. The van der Waals surface area contributed by atoms with Crippen LogP contribution in [0.25, 0.3) is 0 Å². The molecule has 2 amide bonds. The van der Waals surface area contributed by atoms with Gasteiger partial charge in [0.05, 0.1) is 5.56 Å². The molecule has 2 N–H and O–H groups in total. The number of aryl methyl sites for hydroxylation is 1. The molecule has 0 fully saturated rings. The summed E-state index contributed by atoms with van der Waals surface area (Å²) in [7, 11) is 0. The zero-order valence-corrected chi connectivity index (χ0v) is 12.5. The number of carbonyl (C=O) groups is 2. The van der Waals surface area contributed by atoms with Crippen molar-refractivity contribution in [2.45, 2.75) is 19.4 Å². The fraction of sp³-hybridized carbons (Fsp3) is 0.333. The highest BCUT2D eigenvalue weighted by Gasteiger charge is 2.10. The van der Waals surface area contributed by atoms with E-state index in [1.165, 1.54) is 24.5 Å². The second-order valence-electron chi connectivity index (χ2n) is 4.85. The van der Waals surface area contributed by atoms with Crippen molar-refractivity contribution < 1.29 is 14.0 Å². The van der Waals surface area contributed by atoms with Gasteiger partial charge in [0.15, 0.2) is 0 Å². The van der Waals surface area contributed by atoms with E-state index in [9.17, 15) is 14.0 Å². The van der Waals surface area contributed by atoms with Gasteiger partial charge in [-0.3, -0.25) is 14.3 Å². The summed E-state index contributed by atoms with van der Waals surface area (Å²) in [5.41, 5.74) is -0.0271. The Morgan fingerprint density at radius 3 is 2.74 bits per heavy atom. The third-order valence-corrected chi connectivity index (χ3v) is 3.11. The standard InChI is InChI=1S/C15H18FN5O2/c16-13-5-2-1-4-12(13)15(23)19-8-6-14(22)18-7-3-9-21-11-17-10-20-21/h1-2,4-5,10-11H,3,6-9H2,(H,18,22)(H,19,23). The Morgan fingerprint density at radius 1 is 1.17 bits per heavy atom. The molecule has 0 spiro atoms. The van der Waals surface area contributed by atoms with Crippen LogP contribution in [0.2, 0.25) is 0 Å². The smallest absolute Gasteiger partial charge is 0.254 e. The molecule has 2 aromatic rings. The molecule has 0 radical (unpaired) electrons. The van der Waals surface area contributed by atoms with E-state index in [4.69, 9.17) is 0 Å². The van der Waals surface area contributed by atoms with Crippen molar-refractivity contribution >= 4 is 11.8 Å². The highest BCUT2D eigenvalue weighted by atomic mass is 19.1. The molecular formula is C15H18FN5O2. The van der Waals surface area contributed by atoms with Crippen LogP contribution in [0.4, 0.5) is 4.39 Å². The molecule has 1 heterocycles. The van der Waals surface area contributed by atoms with Crippen LogP contribution >= 0.6 is 0 Å². The number of hydrogen-bond donors (Lipinski definition) is 2. The third-order valence-electron chi connectivity index (χ3n) is 3.11. The van der Waals surface area contributed by atoms with Crippen LogP contribution in [0.5, 0.6) is 0 Å². The Morgan fingerprint density at radius 2 is 2.00 bits per heavy atom. The topological polar surface area (TPSA) is 88.9 Å². The van der Waals surface area contributed by atoms with Crippen LogP contribution in [0.1, 0.15) is 23.2 Å². The lowest BCUT2D eigenvalue weighted by Gasteiger charge is -2.07. The maximum Gasteiger partial charge on any atom is 0.254 e. The number of hydrogen-bond acceptors (Lipinski definition) is 4. The molecule has 0 saturated carbocycles. The van der Waals surface area contributed by atoms with E-state index < -0.39 is 11.7 Å². The Kier molecular flexibility index (Phi) is 6.22. The molecule has 0 aliphatic rings. The van der Waals surface area contributed by atoms with Gasteiger partial charge < -0.3 is 10.6 Å². The highest BCUT2D eigenvalue weighted by molar-refractivity contribution is 5.94. The molecule has 1 aromatic carbocycles. The Bertz CT molecular complexity index is 645. The summed E-state index contributed by atoms with van der Waals surface area (Å²) >= 11 is 0. The van der Waals surface area contributed by atoms with Crippen molar-refractivity contribution in [1.82, 2.24) is 25.4 Å². The molecule has 0 saturated heterocycles. The fourth-order valence-corrected chi connectivity index (χ4v) is 1.94. The van der Waals surface area contributed by atoms with Crippen molar-refractivity contribution in [2.24, 2.45) is 0 Å². The lowest BCUT2D eigenvalue weighted by Crippen LogP contribution is -2.31. The summed E-state index contributed by atoms with van der Waals surface area (Å²) in [5.74, 6) is -1.28. The predicted octanol–water partition coefficient (Wildman–Crippen LogP) is 0.744. The summed E-state index contributed by atoms with van der Waals surface area (Å²) in [6.45, 7) is 1.34. The molecule has 0 aliphatic heterocycles. The van der Waals surface area contributed by atoms with Crippen LogP contribution in [0, 0.1) is 5.82 Å². The fourth-order valence-electron chi connectivity index (χ4n) is 1.94. The van der Waals surface area contributed by atoms with Crippen LogP contribution in [0.3, 0.4) is 0 Å². The minimum atomic E-state index is -0.581. The molecule has 1 aromatic heterocycles. The maximum atomic E-state index is 13.4. The largest absolute Gasteiger partial charge is 0.356 e. The second kappa shape index (κ2) is 8.62. The van der Waals surface area contributed by atoms with Crippen molar-refractivity contribution in [2.75, 3.05) is 13.1 Å². The average molecular weight is 319 g/mol. The van der Waals surface area contributed by atoms with E-state index >= 15 is 0 Å². The van der Waals surface area contributed by atoms with Crippen molar-refractivity contribution in [1.29, 1.82) is 0 Å². The first-order valence-electron chi connectivity index (χ1n) is 7.28. The number of rotatable bonds is 8. The van der Waals surface area contributed by atoms with Gasteiger partial charge in [-0.1, -0.05) is 12.1 Å². The first-order valence-corrected chi connectivity index (χ1v) is 7.28. The number of nitrogens with zero attached hydrogens (tertiary/aromatic N) is 3. The van der Waals surface area contributed by atoms with Gasteiger partial charge in [-0.05, 0) is 18.6 Å². The van der Waals surface area contributed by atoms with Crippen LogP contribution in [-0.4, -0.2) is 39.7 Å². The quantitative estimate of drug-likeness (QED) is 0.703. The molecule has 7 nitrogen and oxygen atoms in total. The van der Waals surface area contributed by atoms with Gasteiger partial charge in [0.1, 0.15) is 18.5 Å². The second-order valence-corrected chi connectivity index (χ2v) is 4.85. The SMILES string of the molecule is O=C(CCNC(=O)c1ccccc1F)NCCCn1cncn1. The summed E-state index contributed by atoms with van der Waals surface area (Å²) in [6.07, 6.45) is 3.94. The molecule has 0 aliphatic carbocycles. The Hall–Kier alpha value is -2.77. The van der Waals surface area contributed by atoms with Crippen molar-refractivity contribution in [3.63, 3.8) is 0 Å². The van der Waals surface area contributed by atoms with Gasteiger partial charge >= 0.3 is 0 Å². The monoisotopic (exact) mass is 319 g/mol. The normalized spacial score (nSPS) is 10.3. The third kappa shape index (κ3) is 5.50. The number of carbonyl (C=O) groups excluding carboxylic acids is 2. The summed E-state index contributed by atoms with van der Waals surface area (Å²) in [6, 6.07) is 5.71. The number of aromatic nitrogens is 3. The van der Waals surface area contributed by atoms with Crippen molar-refractivity contribution in [3.05, 3.63) is 48.3 Å². The maximum absolute atomic E-state index is 13.4. The van der Waals surface area contributed by atoms with E-state index in [2.05, 4.69) is 20.7 Å². The lowest BCUT2D eigenvalue weighted by molar-refractivity contribution is -0.120. The molecule has 2 rings (SSSR count). The van der Waals surface area contributed by atoms with E-state index in [0.29, 0.717) is 13.1 Å². The molecule has 8 heteroatoms. The molecule has 122 valence electrons. The van der Waals surface area contributed by atoms with Crippen LogP contribution < -0.4 is 10.6 Å². The number of benzene rings is 1. The minimum absolute atomic E-state index is 0.0271. The minimum Gasteiger partial charge on any atom is -0.356 e. The first-order chi connectivity index (χ1) is 11.2. The molecule has 0 atom stereocenters. The zero-order chi connectivity index (χ0) is 16.5. The van der Waals surface area contributed by atoms with Gasteiger partial charge in [0, 0.05) is 26.1 Å². The molecule has 23 heavy (non-hydrogen) atoms. The number of halogens is 1. The zero-order valence-electron chi connectivity index (χ0n) is 12.5. The lowest BCUT2D eigenvalue weighted by atomic mass is 10.2. The van der Waals surface area contributed by atoms with E-state index in [0.717, 1.165) is 6.42 Å². The van der Waals surface area contributed by atoms with Gasteiger partial charge in [0.2, 0.25) is 5.91 Å². The Balaban J connectivity index is 1.59. The van der Waals surface area contributed by atoms with E-state index in [1.54, 1.807) is 17.1 Å². The van der Waals surface area contributed by atoms with Gasteiger partial charge in [-0.15, -0.1) is 0 Å². The number of nitrogens with one attached hydrogen (secondary N) is 2. The van der Waals surface area contributed by atoms with Gasteiger partial charge in [-0.25, -0.2) is 9.37 Å². The first kappa shape index (κ1) is 16.6. The van der Waals surface area contributed by atoms with Crippen LogP contribution in [-0.2, 0) is 11.3 Å². The highest BCUT2D eigenvalue weighted by Crippen LogP contribution is 2.05. The van der Waals surface area contributed by atoms with E-state index in [-0.39, 0.29) is 24.4 Å². The summed E-state index contributed by atoms with van der Waals surface area (Å²) < 4.78 is 15.1. The molecule has 0 unspecified atom stereocenters. The van der Waals surface area contributed by atoms with Crippen LogP contribution in [0.15, 0.2) is 36.9 Å². The average Bonchev–Trinajstić information content (AvgIpc) is 3.05. The summed E-state index contributed by atoms with van der Waals surface area (Å²) in [4.78, 5) is 27.2. The van der Waals surface area contributed by atoms with Gasteiger partial charge in [-0.2, -0.15) is 5.10 Å². The predicted molar refractivity (Wildman–Crippen MR) is 81.0 cm³/mol. The molecule has 0 bridgehead atoms. The molecular weight excluding hydrogens is 301 g/mol. The number of amides is 2. The van der Waals surface area contributed by atoms with Gasteiger partial charge in [0.25, 0.3) is 5.91 Å². The van der Waals surface area contributed by atoms with Crippen molar-refractivity contribution in [3.8, 4) is 0 Å². The van der Waals surface area contributed by atoms with E-state index in [1.807, 2.05) is 0 Å². The Labute approximate surface area is 132 Å².